The first-order chi connectivity index (χ1) is 8.17. The monoisotopic (exact) mass is 245 g/mol. The van der Waals surface area contributed by atoms with Crippen molar-refractivity contribution in [3.63, 3.8) is 0 Å². The summed E-state index contributed by atoms with van der Waals surface area (Å²) in [5, 5.41) is 2.86. The highest BCUT2D eigenvalue weighted by molar-refractivity contribution is 5.81. The van der Waals surface area contributed by atoms with Crippen molar-refractivity contribution >= 4 is 5.91 Å². The van der Waals surface area contributed by atoms with Crippen LogP contribution < -0.4 is 11.1 Å². The van der Waals surface area contributed by atoms with Crippen LogP contribution in [0.4, 0.5) is 0 Å². The van der Waals surface area contributed by atoms with E-state index in [2.05, 4.69) is 17.1 Å². The Balaban J connectivity index is 4.08. The fourth-order valence-corrected chi connectivity index (χ4v) is 1.67. The number of amides is 1. The highest BCUT2D eigenvalue weighted by atomic mass is 16.5. The quantitative estimate of drug-likeness (QED) is 0.540. The van der Waals surface area contributed by atoms with Crippen LogP contribution in [0.3, 0.4) is 0 Å². The summed E-state index contributed by atoms with van der Waals surface area (Å²) in [6.07, 6.45) is 1.97. The average molecular weight is 245 g/mol. The number of nitrogens with zero attached hydrogens (tertiary/aromatic N) is 1. The standard InChI is InChI=1S/C12H27N3O2/c1-4-8-15(9-5-6-13)11(2)12(16)14-7-10-17-3/h11H,4-10,13H2,1-3H3,(H,14,16). The molecular formula is C12H27N3O2. The minimum atomic E-state index is -0.0987. The minimum Gasteiger partial charge on any atom is -0.383 e. The van der Waals surface area contributed by atoms with Crippen LogP contribution in [0.5, 0.6) is 0 Å². The molecule has 1 amide bonds. The molecule has 102 valence electrons. The van der Waals surface area contributed by atoms with E-state index < -0.39 is 0 Å². The fraction of sp³-hybridized carbons (Fsp3) is 0.917. The zero-order valence-corrected chi connectivity index (χ0v) is 11.4. The van der Waals surface area contributed by atoms with Crippen LogP contribution >= 0.6 is 0 Å². The Bertz CT molecular complexity index is 200. The van der Waals surface area contributed by atoms with Crippen LogP contribution in [0.1, 0.15) is 26.7 Å². The third-order valence-corrected chi connectivity index (χ3v) is 2.69. The summed E-state index contributed by atoms with van der Waals surface area (Å²) in [6.45, 7) is 7.64. The molecular weight excluding hydrogens is 218 g/mol. The molecule has 1 unspecified atom stereocenters. The van der Waals surface area contributed by atoms with Gasteiger partial charge in [0.25, 0.3) is 0 Å². The van der Waals surface area contributed by atoms with Gasteiger partial charge in [-0.15, -0.1) is 0 Å². The molecule has 0 aromatic carbocycles. The zero-order valence-electron chi connectivity index (χ0n) is 11.4. The summed E-state index contributed by atoms with van der Waals surface area (Å²) in [4.78, 5) is 14.0. The molecule has 0 aliphatic heterocycles. The van der Waals surface area contributed by atoms with Crippen molar-refractivity contribution in [1.29, 1.82) is 0 Å². The Morgan fingerprint density at radius 3 is 2.71 bits per heavy atom. The number of ether oxygens (including phenoxy) is 1. The lowest BCUT2D eigenvalue weighted by Gasteiger charge is -2.27. The maximum atomic E-state index is 11.9. The summed E-state index contributed by atoms with van der Waals surface area (Å²) < 4.78 is 4.90. The molecule has 0 aliphatic carbocycles. The van der Waals surface area contributed by atoms with E-state index in [1.54, 1.807) is 7.11 Å². The highest BCUT2D eigenvalue weighted by Crippen LogP contribution is 2.02. The molecule has 17 heavy (non-hydrogen) atoms. The van der Waals surface area contributed by atoms with Crippen molar-refractivity contribution < 1.29 is 9.53 Å². The number of nitrogens with one attached hydrogen (secondary N) is 1. The van der Waals surface area contributed by atoms with Crippen LogP contribution in [0.15, 0.2) is 0 Å². The number of carbonyl (C=O) groups is 1. The molecule has 5 heteroatoms. The van der Waals surface area contributed by atoms with Gasteiger partial charge >= 0.3 is 0 Å². The molecule has 1 atom stereocenters. The van der Waals surface area contributed by atoms with E-state index in [1.165, 1.54) is 0 Å². The number of rotatable bonds is 10. The van der Waals surface area contributed by atoms with Crippen molar-refractivity contribution in [2.24, 2.45) is 5.73 Å². The number of hydrogen-bond donors (Lipinski definition) is 2. The number of methoxy groups -OCH3 is 1. The second-order valence-corrected chi connectivity index (χ2v) is 4.14. The maximum Gasteiger partial charge on any atom is 0.237 e. The summed E-state index contributed by atoms with van der Waals surface area (Å²) in [5.74, 6) is 0.0625. The first-order valence-electron chi connectivity index (χ1n) is 6.38. The molecule has 0 rings (SSSR count). The lowest BCUT2D eigenvalue weighted by Crippen LogP contribution is -2.46. The lowest BCUT2D eigenvalue weighted by molar-refractivity contribution is -0.126. The van der Waals surface area contributed by atoms with E-state index in [0.29, 0.717) is 19.7 Å². The number of carbonyl (C=O) groups excluding carboxylic acids is 1. The van der Waals surface area contributed by atoms with Gasteiger partial charge in [-0.1, -0.05) is 6.92 Å². The number of hydrogen-bond acceptors (Lipinski definition) is 4. The van der Waals surface area contributed by atoms with Gasteiger partial charge in [0.2, 0.25) is 5.91 Å². The third kappa shape index (κ3) is 7.31. The molecule has 0 aromatic heterocycles. The Kier molecular flexibility index (Phi) is 10.1. The molecule has 0 saturated heterocycles. The first-order valence-corrected chi connectivity index (χ1v) is 6.38. The van der Waals surface area contributed by atoms with Gasteiger partial charge in [0.15, 0.2) is 0 Å². The van der Waals surface area contributed by atoms with E-state index >= 15 is 0 Å². The van der Waals surface area contributed by atoms with Crippen molar-refractivity contribution in [3.05, 3.63) is 0 Å². The normalized spacial score (nSPS) is 12.8. The smallest absolute Gasteiger partial charge is 0.237 e. The van der Waals surface area contributed by atoms with E-state index in [-0.39, 0.29) is 11.9 Å². The summed E-state index contributed by atoms with van der Waals surface area (Å²) in [5.41, 5.74) is 5.50. The predicted molar refractivity (Wildman–Crippen MR) is 69.9 cm³/mol. The van der Waals surface area contributed by atoms with Crippen LogP contribution in [-0.2, 0) is 9.53 Å². The van der Waals surface area contributed by atoms with Gasteiger partial charge in [0, 0.05) is 20.2 Å². The van der Waals surface area contributed by atoms with E-state index in [0.717, 1.165) is 25.9 Å². The van der Waals surface area contributed by atoms with Crippen molar-refractivity contribution in [1.82, 2.24) is 10.2 Å². The molecule has 0 aromatic rings. The molecule has 0 fully saturated rings. The van der Waals surface area contributed by atoms with Gasteiger partial charge in [-0.05, 0) is 32.9 Å². The van der Waals surface area contributed by atoms with Crippen LogP contribution in [-0.4, -0.2) is 56.7 Å². The average Bonchev–Trinajstić information content (AvgIpc) is 2.33. The van der Waals surface area contributed by atoms with Crippen LogP contribution in [0, 0.1) is 0 Å². The molecule has 5 nitrogen and oxygen atoms in total. The Morgan fingerprint density at radius 1 is 1.47 bits per heavy atom. The fourth-order valence-electron chi connectivity index (χ4n) is 1.67. The molecule has 0 saturated carbocycles. The van der Waals surface area contributed by atoms with Crippen LogP contribution in [0.2, 0.25) is 0 Å². The predicted octanol–water partition coefficient (Wildman–Crippen LogP) is 0.198. The summed E-state index contributed by atoms with van der Waals surface area (Å²) in [6, 6.07) is -0.0987. The Labute approximate surface area is 105 Å². The first kappa shape index (κ1) is 16.4. The topological polar surface area (TPSA) is 67.6 Å². The van der Waals surface area contributed by atoms with Gasteiger partial charge in [0.1, 0.15) is 0 Å². The van der Waals surface area contributed by atoms with Gasteiger partial charge in [-0.3, -0.25) is 9.69 Å². The molecule has 0 bridgehead atoms. The van der Waals surface area contributed by atoms with E-state index in [1.807, 2.05) is 6.92 Å². The van der Waals surface area contributed by atoms with Gasteiger partial charge in [-0.25, -0.2) is 0 Å². The summed E-state index contributed by atoms with van der Waals surface area (Å²) >= 11 is 0. The second-order valence-electron chi connectivity index (χ2n) is 4.14. The van der Waals surface area contributed by atoms with E-state index in [4.69, 9.17) is 10.5 Å². The van der Waals surface area contributed by atoms with Gasteiger partial charge < -0.3 is 15.8 Å². The second kappa shape index (κ2) is 10.5. The van der Waals surface area contributed by atoms with Gasteiger partial charge in [-0.2, -0.15) is 0 Å². The molecule has 0 radical (unpaired) electrons. The summed E-state index contributed by atoms with van der Waals surface area (Å²) in [7, 11) is 1.63. The van der Waals surface area contributed by atoms with Gasteiger partial charge in [0.05, 0.1) is 12.6 Å². The maximum absolute atomic E-state index is 11.9. The van der Waals surface area contributed by atoms with E-state index in [9.17, 15) is 4.79 Å². The van der Waals surface area contributed by atoms with Crippen molar-refractivity contribution in [2.75, 3.05) is 39.9 Å². The van der Waals surface area contributed by atoms with Crippen molar-refractivity contribution in [2.45, 2.75) is 32.7 Å². The third-order valence-electron chi connectivity index (χ3n) is 2.69. The lowest BCUT2D eigenvalue weighted by atomic mass is 10.2. The zero-order chi connectivity index (χ0) is 13.1. The number of nitrogens with two attached hydrogens (primary N) is 1. The Hall–Kier alpha value is -0.650. The highest BCUT2D eigenvalue weighted by Gasteiger charge is 2.19. The Morgan fingerprint density at radius 2 is 2.18 bits per heavy atom. The molecule has 3 N–H and O–H groups in total. The molecule has 0 heterocycles. The molecule has 0 spiro atoms. The van der Waals surface area contributed by atoms with Crippen molar-refractivity contribution in [3.8, 4) is 0 Å². The SMILES string of the molecule is CCCN(CCCN)C(C)C(=O)NCCOC. The van der Waals surface area contributed by atoms with Crippen LogP contribution in [0.25, 0.3) is 0 Å². The molecule has 0 aliphatic rings. The largest absolute Gasteiger partial charge is 0.383 e. The minimum absolute atomic E-state index is 0.0625.